The summed E-state index contributed by atoms with van der Waals surface area (Å²) in [6, 6.07) is 16.6. The average Bonchev–Trinajstić information content (AvgIpc) is 2.81. The van der Waals surface area contributed by atoms with Gasteiger partial charge in [-0.05, 0) is 22.3 Å². The van der Waals surface area contributed by atoms with Crippen LogP contribution in [-0.4, -0.2) is 26.0 Å². The number of carbonyl (C=O) groups excluding carboxylic acids is 1. The first-order valence-corrected chi connectivity index (χ1v) is 11.0. The predicted molar refractivity (Wildman–Crippen MR) is 91.3 cm³/mol. The highest BCUT2D eigenvalue weighted by Gasteiger charge is 2.41. The van der Waals surface area contributed by atoms with Gasteiger partial charge in [0.15, 0.2) is 8.24 Å². The molecule has 0 bridgehead atoms. The highest BCUT2D eigenvalue weighted by Crippen LogP contribution is 2.47. The zero-order valence-electron chi connectivity index (χ0n) is 13.5. The van der Waals surface area contributed by atoms with Gasteiger partial charge in [-0.15, -0.1) is 0 Å². The van der Waals surface area contributed by atoms with Crippen LogP contribution >= 0.6 is 0 Å². The van der Waals surface area contributed by atoms with Crippen LogP contribution in [0.4, 0.5) is 4.79 Å². The van der Waals surface area contributed by atoms with Crippen molar-refractivity contribution < 1.29 is 9.53 Å². The van der Waals surface area contributed by atoms with Crippen LogP contribution in [0.3, 0.4) is 0 Å². The van der Waals surface area contributed by atoms with Crippen molar-refractivity contribution in [3.05, 3.63) is 59.7 Å². The predicted octanol–water partition coefficient (Wildman–Crippen LogP) is 4.66. The average molecular weight is 311 g/mol. The summed E-state index contributed by atoms with van der Waals surface area (Å²) in [7, 11) is -0.453. The summed E-state index contributed by atoms with van der Waals surface area (Å²) in [5.41, 5.74) is 4.82. The van der Waals surface area contributed by atoms with Crippen LogP contribution in [0.2, 0.25) is 19.6 Å². The Hall–Kier alpha value is -2.07. The fourth-order valence-corrected chi connectivity index (χ4v) is 4.96. The maximum atomic E-state index is 12.5. The van der Waals surface area contributed by atoms with Gasteiger partial charge in [-0.2, -0.15) is 0 Å². The van der Waals surface area contributed by atoms with Gasteiger partial charge in [-0.25, -0.2) is 4.79 Å². The van der Waals surface area contributed by atoms with Gasteiger partial charge in [-0.3, -0.25) is 0 Å². The van der Waals surface area contributed by atoms with Crippen molar-refractivity contribution in [1.82, 2.24) is 4.57 Å². The molecule has 0 fully saturated rings. The lowest BCUT2D eigenvalue weighted by Gasteiger charge is -2.38. The minimum atomic E-state index is -1.91. The minimum absolute atomic E-state index is 0.0495. The summed E-state index contributed by atoms with van der Waals surface area (Å²) in [6.07, 6.45) is -0.240. The normalized spacial score (nSPS) is 13.5. The Morgan fingerprint density at radius 2 is 1.41 bits per heavy atom. The highest BCUT2D eigenvalue weighted by molar-refractivity contribution is 6.75. The first-order chi connectivity index (χ1) is 10.4. The molecule has 0 aromatic heterocycles. The number of nitrogens with zero attached hydrogens (tertiary/aromatic N) is 1. The number of hydrogen-bond donors (Lipinski definition) is 0. The van der Waals surface area contributed by atoms with E-state index < -0.39 is 8.24 Å². The number of rotatable bonds is 2. The molecule has 0 heterocycles. The van der Waals surface area contributed by atoms with Crippen LogP contribution in [0.25, 0.3) is 11.1 Å². The molecule has 2 aromatic rings. The molecule has 4 heteroatoms. The second kappa shape index (κ2) is 5.28. The van der Waals surface area contributed by atoms with E-state index in [0.717, 1.165) is 0 Å². The van der Waals surface area contributed by atoms with Gasteiger partial charge in [0.2, 0.25) is 0 Å². The Balaban J connectivity index is 2.23. The molecule has 22 heavy (non-hydrogen) atoms. The Morgan fingerprint density at radius 1 is 0.955 bits per heavy atom. The number of amides is 1. The summed E-state index contributed by atoms with van der Waals surface area (Å²) in [6.45, 7) is 6.52. The van der Waals surface area contributed by atoms with Crippen LogP contribution in [0.1, 0.15) is 17.2 Å². The highest BCUT2D eigenvalue weighted by atomic mass is 28.3. The fourth-order valence-electron chi connectivity index (χ4n) is 3.27. The number of hydrogen-bond acceptors (Lipinski definition) is 2. The lowest BCUT2D eigenvalue weighted by atomic mass is 10.1. The van der Waals surface area contributed by atoms with Crippen LogP contribution < -0.4 is 0 Å². The molecule has 3 rings (SSSR count). The summed E-state index contributed by atoms with van der Waals surface area (Å²) < 4.78 is 7.07. The molecular weight excluding hydrogens is 290 g/mol. The lowest BCUT2D eigenvalue weighted by Crippen LogP contribution is -2.51. The SMILES string of the molecule is COC(=O)N(C1c2ccccc2-c2ccccc21)[Si](C)(C)C. The van der Waals surface area contributed by atoms with E-state index in [4.69, 9.17) is 4.74 Å². The molecule has 0 radical (unpaired) electrons. The Kier molecular flexibility index (Phi) is 3.57. The van der Waals surface area contributed by atoms with Crippen LogP contribution in [0.15, 0.2) is 48.5 Å². The monoisotopic (exact) mass is 311 g/mol. The van der Waals surface area contributed by atoms with Crippen LogP contribution in [0.5, 0.6) is 0 Å². The molecule has 2 aromatic carbocycles. The quantitative estimate of drug-likeness (QED) is 0.755. The Labute approximate surface area is 132 Å². The van der Waals surface area contributed by atoms with Gasteiger partial charge in [0, 0.05) is 0 Å². The van der Waals surface area contributed by atoms with E-state index in [2.05, 4.69) is 56.0 Å². The maximum Gasteiger partial charge on any atom is 0.402 e. The second-order valence-corrected chi connectivity index (χ2v) is 11.4. The van der Waals surface area contributed by atoms with E-state index in [9.17, 15) is 4.79 Å². The smallest absolute Gasteiger partial charge is 0.402 e. The Morgan fingerprint density at radius 3 is 1.82 bits per heavy atom. The molecule has 0 saturated carbocycles. The molecule has 114 valence electrons. The van der Waals surface area contributed by atoms with Crippen LogP contribution in [0, 0.1) is 0 Å². The number of benzene rings is 2. The van der Waals surface area contributed by atoms with E-state index in [1.165, 1.54) is 29.4 Å². The van der Waals surface area contributed by atoms with E-state index in [0.29, 0.717) is 0 Å². The molecule has 0 aliphatic heterocycles. The number of fused-ring (bicyclic) bond motifs is 3. The fraction of sp³-hybridized carbons (Fsp3) is 0.278. The number of ether oxygens (including phenoxy) is 1. The zero-order valence-corrected chi connectivity index (χ0v) is 14.5. The van der Waals surface area contributed by atoms with Crippen molar-refractivity contribution in [1.29, 1.82) is 0 Å². The van der Waals surface area contributed by atoms with Gasteiger partial charge in [-0.1, -0.05) is 68.2 Å². The summed E-state index contributed by atoms with van der Waals surface area (Å²) >= 11 is 0. The lowest BCUT2D eigenvalue weighted by molar-refractivity contribution is 0.140. The van der Waals surface area contributed by atoms with Gasteiger partial charge in [0.25, 0.3) is 0 Å². The topological polar surface area (TPSA) is 29.5 Å². The minimum Gasteiger partial charge on any atom is -0.453 e. The molecule has 0 N–H and O–H groups in total. The summed E-state index contributed by atoms with van der Waals surface area (Å²) in [5, 5.41) is 0. The zero-order chi connectivity index (χ0) is 15.9. The first-order valence-electron chi connectivity index (χ1n) is 7.50. The second-order valence-electron chi connectivity index (χ2n) is 6.59. The molecule has 0 spiro atoms. The summed E-state index contributed by atoms with van der Waals surface area (Å²) in [4.78, 5) is 12.5. The van der Waals surface area contributed by atoms with Gasteiger partial charge < -0.3 is 9.30 Å². The summed E-state index contributed by atoms with van der Waals surface area (Å²) in [5.74, 6) is 0. The van der Waals surface area contributed by atoms with Gasteiger partial charge >= 0.3 is 6.09 Å². The maximum absolute atomic E-state index is 12.5. The molecule has 0 saturated heterocycles. The first kappa shape index (κ1) is 14.8. The van der Waals surface area contributed by atoms with E-state index >= 15 is 0 Å². The van der Waals surface area contributed by atoms with Gasteiger partial charge in [0.05, 0.1) is 13.2 Å². The van der Waals surface area contributed by atoms with Crippen molar-refractivity contribution in [2.75, 3.05) is 7.11 Å². The molecule has 1 aliphatic rings. The largest absolute Gasteiger partial charge is 0.453 e. The van der Waals surface area contributed by atoms with Crippen LogP contribution in [-0.2, 0) is 4.74 Å². The number of methoxy groups -OCH3 is 1. The van der Waals surface area contributed by atoms with Crippen molar-refractivity contribution in [2.24, 2.45) is 0 Å². The molecule has 0 unspecified atom stereocenters. The van der Waals surface area contributed by atoms with Crippen molar-refractivity contribution >= 4 is 14.3 Å². The third kappa shape index (κ3) is 2.24. The molecular formula is C18H21NO2Si. The standard InChI is InChI=1S/C18H21NO2Si/c1-21-18(20)19(22(2,3)4)17-15-11-7-5-9-13(15)14-10-6-8-12-16(14)17/h5-12,17H,1-4H3. The third-order valence-electron chi connectivity index (χ3n) is 4.15. The van der Waals surface area contributed by atoms with Crippen molar-refractivity contribution in [3.8, 4) is 11.1 Å². The van der Waals surface area contributed by atoms with E-state index in [-0.39, 0.29) is 12.1 Å². The van der Waals surface area contributed by atoms with Crippen molar-refractivity contribution in [2.45, 2.75) is 25.7 Å². The molecule has 1 aliphatic carbocycles. The molecule has 3 nitrogen and oxygen atoms in total. The Bertz CT molecular complexity index is 676. The third-order valence-corrected chi connectivity index (χ3v) is 6.04. The van der Waals surface area contributed by atoms with Gasteiger partial charge in [0.1, 0.15) is 0 Å². The van der Waals surface area contributed by atoms with E-state index in [1.807, 2.05) is 16.7 Å². The van der Waals surface area contributed by atoms with Crippen molar-refractivity contribution in [3.63, 3.8) is 0 Å². The number of carbonyl (C=O) groups is 1. The molecule has 1 amide bonds. The van der Waals surface area contributed by atoms with E-state index in [1.54, 1.807) is 0 Å². The molecule has 0 atom stereocenters.